The Labute approximate surface area is 591 Å². The number of thiophene rings is 2. The fourth-order valence-corrected chi connectivity index (χ4v) is 11.7. The van der Waals surface area contributed by atoms with E-state index in [-0.39, 0.29) is 45.1 Å². The minimum Gasteiger partial charge on any atom is -0.481 e. The van der Waals surface area contributed by atoms with E-state index < -0.39 is 219 Å². The van der Waals surface area contributed by atoms with E-state index in [1.165, 1.54) is 36.5 Å². The third kappa shape index (κ3) is 30.5. The highest BCUT2D eigenvalue weighted by atomic mass is 32.1. The number of benzene rings is 2. The number of nitrogens with two attached hydrogens (primary N) is 4. The number of primary amides is 3. The highest BCUT2D eigenvalue weighted by Gasteiger charge is 2.35. The number of amides is 13. The first kappa shape index (κ1) is 83.2. The van der Waals surface area contributed by atoms with Gasteiger partial charge in [0.25, 0.3) is 0 Å². The molecule has 0 fully saturated rings. The summed E-state index contributed by atoms with van der Waals surface area (Å²) in [6.45, 7) is 2.56. The average molecular weight is 1460 g/mol. The monoisotopic (exact) mass is 1460 g/mol. The summed E-state index contributed by atoms with van der Waals surface area (Å²) in [5, 5.41) is 62.3. The first-order valence-electron chi connectivity index (χ1n) is 31.9. The molecule has 35 nitrogen and oxygen atoms in total. The number of hydrogen-bond acceptors (Lipinski definition) is 20. The smallest absolute Gasteiger partial charge is 0.326 e. The molecular weight excluding hydrogens is 1380 g/mol. The van der Waals surface area contributed by atoms with E-state index in [4.69, 9.17) is 28.0 Å². The Balaban J connectivity index is 1.42. The number of carbonyl (C=O) groups excluding carboxylic acids is 13. The number of carbonyl (C=O) groups is 17. The van der Waals surface area contributed by atoms with Crippen molar-refractivity contribution in [1.82, 2.24) is 53.2 Å². The Bertz CT molecular complexity index is 3670. The van der Waals surface area contributed by atoms with Crippen LogP contribution in [0.1, 0.15) is 112 Å². The number of aliphatic carboxylic acids is 4. The Morgan fingerprint density at radius 1 is 0.363 bits per heavy atom. The quantitative estimate of drug-likeness (QED) is 0.0214. The zero-order chi connectivity index (χ0) is 75.8. The molecule has 0 saturated heterocycles. The minimum absolute atomic E-state index is 0.0281. The van der Waals surface area contributed by atoms with Crippen LogP contribution in [0.2, 0.25) is 0 Å². The highest BCUT2D eigenvalue weighted by molar-refractivity contribution is 7.22. The second kappa shape index (κ2) is 42.0. The fraction of sp³-hybridized carbons (Fsp3) is 0.431. The molecule has 4 rings (SSSR count). The molecule has 22 N–H and O–H groups in total. The summed E-state index contributed by atoms with van der Waals surface area (Å²) in [6, 6.07) is 8.51. The molecule has 37 heteroatoms. The zero-order valence-corrected chi connectivity index (χ0v) is 57.2. The first-order valence-corrected chi connectivity index (χ1v) is 33.6. The molecule has 0 spiro atoms. The van der Waals surface area contributed by atoms with Crippen LogP contribution >= 0.6 is 22.7 Å². The molecule has 552 valence electrons. The van der Waals surface area contributed by atoms with E-state index in [1.807, 2.05) is 0 Å². The molecule has 2 aromatic heterocycles. The lowest BCUT2D eigenvalue weighted by Crippen LogP contribution is -2.59. The van der Waals surface area contributed by atoms with Gasteiger partial charge in [-0.05, 0) is 87.8 Å². The van der Waals surface area contributed by atoms with Crippen LogP contribution < -0.4 is 76.1 Å². The van der Waals surface area contributed by atoms with Crippen LogP contribution in [-0.4, -0.2) is 182 Å². The molecule has 2 aromatic carbocycles. The number of nitrogens with one attached hydrogen (secondary N) is 10. The van der Waals surface area contributed by atoms with E-state index in [1.54, 1.807) is 84.9 Å². The maximum atomic E-state index is 14.1. The van der Waals surface area contributed by atoms with E-state index in [9.17, 15) is 96.8 Å². The predicted molar refractivity (Wildman–Crippen MR) is 364 cm³/mol. The van der Waals surface area contributed by atoms with Crippen LogP contribution in [0.4, 0.5) is 0 Å². The number of rotatable bonds is 46. The van der Waals surface area contributed by atoms with Gasteiger partial charge >= 0.3 is 23.9 Å². The van der Waals surface area contributed by atoms with Gasteiger partial charge in [0.1, 0.15) is 54.4 Å². The van der Waals surface area contributed by atoms with E-state index in [0.717, 1.165) is 0 Å². The first-order chi connectivity index (χ1) is 48.2. The van der Waals surface area contributed by atoms with Crippen molar-refractivity contribution in [2.45, 2.75) is 177 Å². The Hall–Kier alpha value is -11.2. The zero-order valence-electron chi connectivity index (χ0n) is 55.5. The molecule has 0 aliphatic carbocycles. The second-order valence-corrected chi connectivity index (χ2v) is 25.8. The Morgan fingerprint density at radius 3 is 1.12 bits per heavy atom. The van der Waals surface area contributed by atoms with Crippen molar-refractivity contribution in [2.24, 2.45) is 22.9 Å². The van der Waals surface area contributed by atoms with Gasteiger partial charge in [0.2, 0.25) is 76.8 Å². The van der Waals surface area contributed by atoms with Gasteiger partial charge in [-0.25, -0.2) is 4.79 Å². The summed E-state index contributed by atoms with van der Waals surface area (Å²) in [5.41, 5.74) is 22.7. The topological polar surface area (TPSA) is 595 Å². The van der Waals surface area contributed by atoms with E-state index in [2.05, 4.69) is 53.2 Å². The normalized spacial score (nSPS) is 13.8. The van der Waals surface area contributed by atoms with Crippen molar-refractivity contribution in [3.8, 4) is 9.75 Å². The summed E-state index contributed by atoms with van der Waals surface area (Å²) >= 11 is 2.48. The van der Waals surface area contributed by atoms with Crippen LogP contribution in [0.5, 0.6) is 0 Å². The largest absolute Gasteiger partial charge is 0.481 e. The Morgan fingerprint density at radius 2 is 0.696 bits per heavy atom. The van der Waals surface area contributed by atoms with Crippen LogP contribution in [-0.2, 0) is 107 Å². The average Bonchev–Trinajstić information content (AvgIpc) is 1.60. The van der Waals surface area contributed by atoms with Gasteiger partial charge in [-0.3, -0.25) is 76.7 Å². The van der Waals surface area contributed by atoms with Gasteiger partial charge in [0, 0.05) is 70.9 Å². The molecular formula is C65H84N14O21S2. The van der Waals surface area contributed by atoms with Crippen molar-refractivity contribution in [3.63, 3.8) is 0 Å². The van der Waals surface area contributed by atoms with Gasteiger partial charge in [-0.1, -0.05) is 60.7 Å². The lowest BCUT2D eigenvalue weighted by molar-refractivity contribution is -0.144. The van der Waals surface area contributed by atoms with Gasteiger partial charge in [-0.2, -0.15) is 0 Å². The van der Waals surface area contributed by atoms with Crippen LogP contribution in [0.15, 0.2) is 84.9 Å². The molecule has 102 heavy (non-hydrogen) atoms. The predicted octanol–water partition coefficient (Wildman–Crippen LogP) is -2.67. The van der Waals surface area contributed by atoms with Crippen LogP contribution in [0.3, 0.4) is 0 Å². The summed E-state index contributed by atoms with van der Waals surface area (Å²) in [7, 11) is 0. The van der Waals surface area contributed by atoms with Gasteiger partial charge in [0.05, 0.1) is 19.0 Å². The van der Waals surface area contributed by atoms with Crippen molar-refractivity contribution in [1.29, 1.82) is 0 Å². The maximum absolute atomic E-state index is 14.1. The third-order valence-corrected chi connectivity index (χ3v) is 17.5. The second-order valence-electron chi connectivity index (χ2n) is 23.5. The molecule has 0 bridgehead atoms. The summed E-state index contributed by atoms with van der Waals surface area (Å²) in [6.07, 6.45) is -6.17. The van der Waals surface area contributed by atoms with Crippen molar-refractivity contribution in [2.75, 3.05) is 0 Å². The lowest BCUT2D eigenvalue weighted by atomic mass is 10.0. The highest BCUT2D eigenvalue weighted by Crippen LogP contribution is 2.34. The van der Waals surface area contributed by atoms with Crippen molar-refractivity contribution >= 4 is 123 Å². The van der Waals surface area contributed by atoms with Gasteiger partial charge in [-0.15, -0.1) is 22.7 Å². The number of carboxylic acid groups (broad SMARTS) is 4. The molecule has 2 heterocycles. The Kier molecular flexibility index (Phi) is 34.3. The molecule has 0 aliphatic heterocycles. The summed E-state index contributed by atoms with van der Waals surface area (Å²) in [5.74, 6) is -17.3. The number of carboxylic acids is 4. The van der Waals surface area contributed by atoms with Crippen molar-refractivity contribution in [3.05, 3.63) is 106 Å². The maximum Gasteiger partial charge on any atom is 0.326 e. The standard InChI is InChI=1S/C65H84N14O21S2/c1-33(71-63(97)45(29-35-9-5-3-6-10-35)79-62(96)43(19-27-54(86)87)76-60(94)42(17-25-51(69)82)75-58(92)39(66)15-23-49(67)80)56(90)70-32-38-14-22-48(102-38)47-21-13-37(101-47)31-52(83)73-40(18-26-53(84)85)59(93)78-46(30-36-11-7-4-8-12-36)64(98)72-34(2)57(91)74-41(16-24-50(68)81)61(95)77-44(65(99)100)20-28-55(88)89/h3-14,21-22,33-34,39-46H,15-20,23-32,66H2,1-2H3,(H2,67,80)(H2,68,81)(H2,69,82)(H,70,90)(H,71,97)(H,72,98)(H,73,83)(H,74,91)(H,75,92)(H,76,94)(H,77,95)(H,78,93)(H,79,96)(H,84,85)(H,86,87)(H,88,89)(H,99,100)/t33-,34?,39-,40?,41-,42?,43-,44?,45?,46-/m0/s1. The summed E-state index contributed by atoms with van der Waals surface area (Å²) < 4.78 is 0. The molecule has 5 unspecified atom stereocenters. The molecule has 13 amide bonds. The molecule has 10 atom stereocenters. The van der Waals surface area contributed by atoms with E-state index in [0.29, 0.717) is 30.6 Å². The van der Waals surface area contributed by atoms with E-state index >= 15 is 0 Å². The fourth-order valence-electron chi connectivity index (χ4n) is 9.62. The van der Waals surface area contributed by atoms with Crippen LogP contribution in [0.25, 0.3) is 9.75 Å². The summed E-state index contributed by atoms with van der Waals surface area (Å²) in [4.78, 5) is 220. The SMILES string of the molecule is CC(NC(=O)[C@H](Cc1ccccc1)NC(=O)C(CCC(=O)O)NC(=O)Cc1ccc(-c2ccc(CNC(=O)[C@H](C)NC(=O)C(Cc3ccccc3)NC(=O)[C@H](CCC(=O)O)NC(=O)C(CCC(N)=O)NC(=O)[C@@H](N)CCC(N)=O)s2)s1)C(=O)N[C@@H](CCC(N)=O)C(=O)NC(CCC(=O)O)C(=O)O. The minimum atomic E-state index is -1.70. The molecule has 4 aromatic rings. The van der Waals surface area contributed by atoms with Gasteiger partial charge < -0.3 is 96.5 Å². The third-order valence-electron chi connectivity index (χ3n) is 15.2. The number of hydrogen-bond donors (Lipinski definition) is 18. The lowest BCUT2D eigenvalue weighted by Gasteiger charge is -2.26. The molecule has 0 radical (unpaired) electrons. The van der Waals surface area contributed by atoms with Crippen LogP contribution in [0, 0.1) is 0 Å². The van der Waals surface area contributed by atoms with Gasteiger partial charge in [0.15, 0.2) is 0 Å². The molecule has 0 saturated carbocycles. The molecule has 0 aliphatic rings. The van der Waals surface area contributed by atoms with Crippen molar-refractivity contribution < 1.29 is 102 Å².